The van der Waals surface area contributed by atoms with Gasteiger partial charge in [0.05, 0.1) is 5.69 Å². The number of carboxylic acids is 1. The van der Waals surface area contributed by atoms with Crippen LogP contribution >= 0.6 is 0 Å². The summed E-state index contributed by atoms with van der Waals surface area (Å²) in [5.41, 5.74) is 0.380. The monoisotopic (exact) mass is 250 g/mol. The fourth-order valence-corrected chi connectivity index (χ4v) is 1.63. The number of carboxylic acid groups (broad SMARTS) is 1. The number of benzene rings is 1. The highest BCUT2D eigenvalue weighted by atomic mass is 19.1. The van der Waals surface area contributed by atoms with E-state index in [1.807, 2.05) is 0 Å². The van der Waals surface area contributed by atoms with Gasteiger partial charge in [0.2, 0.25) is 0 Å². The fourth-order valence-electron chi connectivity index (χ4n) is 1.63. The standard InChI is InChI=1S/C12H11FN2O3/c13-9-2-1-3-10(6-9)15-12(18)8(7-14-15)4-5-11(16)17/h1-3,6-7,14H,4-5H2,(H,16,17). The SMILES string of the molecule is O=C(O)CCc1c[nH]n(-c2cccc(F)c2)c1=O. The fraction of sp³-hybridized carbons (Fsp3) is 0.167. The maximum absolute atomic E-state index is 13.0. The molecule has 0 amide bonds. The lowest BCUT2D eigenvalue weighted by Crippen LogP contribution is -2.18. The maximum Gasteiger partial charge on any atom is 0.303 e. The van der Waals surface area contributed by atoms with Crippen LogP contribution in [0.5, 0.6) is 0 Å². The van der Waals surface area contributed by atoms with Gasteiger partial charge < -0.3 is 5.11 Å². The summed E-state index contributed by atoms with van der Waals surface area (Å²) in [6, 6.07) is 5.58. The van der Waals surface area contributed by atoms with E-state index >= 15 is 0 Å². The zero-order valence-corrected chi connectivity index (χ0v) is 9.39. The lowest BCUT2D eigenvalue weighted by Gasteiger charge is -2.00. The van der Waals surface area contributed by atoms with E-state index in [1.165, 1.54) is 29.1 Å². The van der Waals surface area contributed by atoms with Crippen LogP contribution in [-0.4, -0.2) is 20.9 Å². The molecule has 2 N–H and O–H groups in total. The lowest BCUT2D eigenvalue weighted by molar-refractivity contribution is -0.136. The Morgan fingerprint density at radius 2 is 2.22 bits per heavy atom. The number of aromatic nitrogens is 2. The minimum absolute atomic E-state index is 0.115. The Hall–Kier alpha value is -2.37. The average molecular weight is 250 g/mol. The van der Waals surface area contributed by atoms with Crippen molar-refractivity contribution in [3.8, 4) is 5.69 Å². The van der Waals surface area contributed by atoms with Crippen molar-refractivity contribution in [2.75, 3.05) is 0 Å². The van der Waals surface area contributed by atoms with E-state index in [9.17, 15) is 14.0 Å². The first-order chi connectivity index (χ1) is 8.58. The summed E-state index contributed by atoms with van der Waals surface area (Å²) in [5, 5.41) is 11.2. The van der Waals surface area contributed by atoms with Gasteiger partial charge in [0, 0.05) is 18.2 Å². The Labute approximate surface area is 101 Å². The van der Waals surface area contributed by atoms with Gasteiger partial charge in [-0.25, -0.2) is 9.07 Å². The third kappa shape index (κ3) is 2.48. The highest BCUT2D eigenvalue weighted by molar-refractivity contribution is 5.67. The molecule has 0 bridgehead atoms. The van der Waals surface area contributed by atoms with E-state index in [-0.39, 0.29) is 18.4 Å². The highest BCUT2D eigenvalue weighted by Gasteiger charge is 2.09. The summed E-state index contributed by atoms with van der Waals surface area (Å²) in [6.45, 7) is 0. The average Bonchev–Trinajstić information content (AvgIpc) is 2.68. The quantitative estimate of drug-likeness (QED) is 0.859. The Morgan fingerprint density at radius 1 is 1.44 bits per heavy atom. The van der Waals surface area contributed by atoms with Gasteiger partial charge in [-0.3, -0.25) is 14.7 Å². The van der Waals surface area contributed by atoms with Gasteiger partial charge in [-0.15, -0.1) is 0 Å². The van der Waals surface area contributed by atoms with Gasteiger partial charge in [0.1, 0.15) is 5.82 Å². The number of nitrogens with zero attached hydrogens (tertiary/aromatic N) is 1. The van der Waals surface area contributed by atoms with Gasteiger partial charge in [-0.1, -0.05) is 6.07 Å². The van der Waals surface area contributed by atoms with Crippen LogP contribution in [-0.2, 0) is 11.2 Å². The largest absolute Gasteiger partial charge is 0.481 e. The minimum Gasteiger partial charge on any atom is -0.481 e. The molecule has 5 nitrogen and oxygen atoms in total. The van der Waals surface area contributed by atoms with Gasteiger partial charge in [0.25, 0.3) is 5.56 Å². The molecular weight excluding hydrogens is 239 g/mol. The molecular formula is C12H11FN2O3. The normalized spacial score (nSPS) is 10.5. The second-order valence-electron chi connectivity index (χ2n) is 3.81. The molecule has 0 radical (unpaired) electrons. The smallest absolute Gasteiger partial charge is 0.303 e. The molecule has 2 rings (SSSR count). The number of nitrogens with one attached hydrogen (secondary N) is 1. The number of carbonyl (C=O) groups is 1. The molecule has 0 saturated carbocycles. The van der Waals surface area contributed by atoms with Gasteiger partial charge in [-0.2, -0.15) is 0 Å². The Balaban J connectivity index is 2.31. The van der Waals surface area contributed by atoms with Gasteiger partial charge in [0.15, 0.2) is 0 Å². The molecule has 1 aromatic carbocycles. The van der Waals surface area contributed by atoms with Crippen LogP contribution < -0.4 is 5.56 Å². The Kier molecular flexibility index (Phi) is 3.27. The first-order valence-corrected chi connectivity index (χ1v) is 5.35. The highest BCUT2D eigenvalue weighted by Crippen LogP contribution is 2.07. The number of rotatable bonds is 4. The third-order valence-electron chi connectivity index (χ3n) is 2.52. The lowest BCUT2D eigenvalue weighted by atomic mass is 10.2. The summed E-state index contributed by atoms with van der Waals surface area (Å²) < 4.78 is 14.2. The minimum atomic E-state index is -0.965. The topological polar surface area (TPSA) is 75.1 Å². The van der Waals surface area contributed by atoms with Gasteiger partial charge >= 0.3 is 5.97 Å². The summed E-state index contributed by atoms with van der Waals surface area (Å²) in [6.07, 6.45) is 1.47. The van der Waals surface area contributed by atoms with Crippen LogP contribution in [0, 0.1) is 5.82 Å². The molecule has 0 unspecified atom stereocenters. The first-order valence-electron chi connectivity index (χ1n) is 5.35. The van der Waals surface area contributed by atoms with Crippen LogP contribution in [0.25, 0.3) is 5.69 Å². The van der Waals surface area contributed by atoms with E-state index in [0.717, 1.165) is 0 Å². The maximum atomic E-state index is 13.0. The zero-order valence-electron chi connectivity index (χ0n) is 9.39. The van der Waals surface area contributed by atoms with Crippen molar-refractivity contribution in [1.82, 2.24) is 9.78 Å². The van der Waals surface area contributed by atoms with E-state index in [0.29, 0.717) is 11.3 Å². The van der Waals surface area contributed by atoms with Crippen molar-refractivity contribution in [2.24, 2.45) is 0 Å². The first kappa shape index (κ1) is 12.1. The number of hydrogen-bond donors (Lipinski definition) is 2. The Bertz CT molecular complexity index is 630. The number of aryl methyl sites for hydroxylation is 1. The molecule has 0 saturated heterocycles. The molecule has 0 spiro atoms. The number of aromatic amines is 1. The predicted molar refractivity (Wildman–Crippen MR) is 62.3 cm³/mol. The van der Waals surface area contributed by atoms with Crippen LogP contribution in [0.3, 0.4) is 0 Å². The number of hydrogen-bond acceptors (Lipinski definition) is 2. The molecule has 0 aliphatic heterocycles. The molecule has 0 aliphatic carbocycles. The summed E-state index contributed by atoms with van der Waals surface area (Å²) in [4.78, 5) is 22.3. The molecule has 1 aromatic heterocycles. The number of halogens is 1. The predicted octanol–water partition coefficient (Wildman–Crippen LogP) is 1.32. The van der Waals surface area contributed by atoms with Crippen LogP contribution in [0.2, 0.25) is 0 Å². The molecule has 0 fully saturated rings. The van der Waals surface area contributed by atoms with Crippen LogP contribution in [0.1, 0.15) is 12.0 Å². The summed E-state index contributed by atoms with van der Waals surface area (Å²) in [5.74, 6) is -1.41. The molecule has 0 aliphatic rings. The summed E-state index contributed by atoms with van der Waals surface area (Å²) in [7, 11) is 0. The van der Waals surface area contributed by atoms with Crippen molar-refractivity contribution in [1.29, 1.82) is 0 Å². The van der Waals surface area contributed by atoms with E-state index in [4.69, 9.17) is 5.11 Å². The van der Waals surface area contributed by atoms with Crippen molar-refractivity contribution >= 4 is 5.97 Å². The third-order valence-corrected chi connectivity index (χ3v) is 2.52. The van der Waals surface area contributed by atoms with Crippen LogP contribution in [0.15, 0.2) is 35.3 Å². The molecule has 18 heavy (non-hydrogen) atoms. The van der Waals surface area contributed by atoms with Gasteiger partial charge in [-0.05, 0) is 24.6 Å². The second kappa shape index (κ2) is 4.87. The van der Waals surface area contributed by atoms with E-state index in [1.54, 1.807) is 6.07 Å². The second-order valence-corrected chi connectivity index (χ2v) is 3.81. The molecule has 94 valence electrons. The van der Waals surface area contributed by atoms with Crippen molar-refractivity contribution in [3.05, 3.63) is 52.2 Å². The molecule has 2 aromatic rings. The van der Waals surface area contributed by atoms with Crippen LogP contribution in [0.4, 0.5) is 4.39 Å². The number of H-pyrrole nitrogens is 1. The molecule has 6 heteroatoms. The number of aliphatic carboxylic acids is 1. The van der Waals surface area contributed by atoms with Crippen molar-refractivity contribution in [3.63, 3.8) is 0 Å². The Morgan fingerprint density at radius 3 is 2.89 bits per heavy atom. The van der Waals surface area contributed by atoms with E-state index in [2.05, 4.69) is 5.10 Å². The van der Waals surface area contributed by atoms with E-state index < -0.39 is 11.8 Å². The van der Waals surface area contributed by atoms with Crippen molar-refractivity contribution < 1.29 is 14.3 Å². The van der Waals surface area contributed by atoms with Crippen molar-refractivity contribution in [2.45, 2.75) is 12.8 Å². The molecule has 0 atom stereocenters. The zero-order chi connectivity index (χ0) is 13.1. The summed E-state index contributed by atoms with van der Waals surface area (Å²) >= 11 is 0. The molecule has 1 heterocycles.